The Morgan fingerprint density at radius 2 is 1.04 bits per heavy atom. The third-order valence-electron chi connectivity index (χ3n) is 3.76. The number of aliphatic hydroxyl groups excluding tert-OH is 2. The van der Waals surface area contributed by atoms with Crippen LogP contribution in [0.1, 0.15) is 24.0 Å². The first-order chi connectivity index (χ1) is 13.7. The zero-order valence-corrected chi connectivity index (χ0v) is 15.9. The van der Waals surface area contributed by atoms with Gasteiger partial charge in [-0.05, 0) is 23.0 Å². The molecule has 0 heterocycles. The van der Waals surface area contributed by atoms with Gasteiger partial charge in [0, 0.05) is 12.8 Å². The molecule has 0 aliphatic carbocycles. The number of ether oxygens (including phenoxy) is 2. The Morgan fingerprint density at radius 3 is 1.43 bits per heavy atom. The average Bonchev–Trinajstić information content (AvgIpc) is 2.72. The summed E-state index contributed by atoms with van der Waals surface area (Å²) in [6.07, 6.45) is -0.691. The minimum absolute atomic E-state index is 0.231. The van der Waals surface area contributed by atoms with Crippen molar-refractivity contribution in [3.63, 3.8) is 0 Å². The normalized spacial score (nSPS) is 12.2. The highest BCUT2D eigenvalue weighted by atomic mass is 16.5. The maximum atomic E-state index is 9.83. The van der Waals surface area contributed by atoms with Crippen LogP contribution < -0.4 is 0 Å². The molecule has 0 aromatic heterocycles. The van der Waals surface area contributed by atoms with E-state index in [2.05, 4.69) is 23.7 Å². The minimum atomic E-state index is -0.644. The summed E-state index contributed by atoms with van der Waals surface area (Å²) in [6.45, 7) is 1.40. The molecular formula is C24H26O4. The van der Waals surface area contributed by atoms with E-state index in [1.54, 1.807) is 0 Å². The van der Waals surface area contributed by atoms with Gasteiger partial charge in [-0.3, -0.25) is 0 Å². The minimum Gasteiger partial charge on any atom is -0.390 e. The van der Waals surface area contributed by atoms with E-state index in [0.29, 0.717) is 26.1 Å². The summed E-state index contributed by atoms with van der Waals surface area (Å²) in [5.74, 6) is 11.0. The van der Waals surface area contributed by atoms with Crippen molar-refractivity contribution in [3.05, 3.63) is 71.8 Å². The van der Waals surface area contributed by atoms with Crippen molar-refractivity contribution in [2.24, 2.45) is 0 Å². The Kier molecular flexibility index (Phi) is 10.5. The van der Waals surface area contributed by atoms with Crippen LogP contribution in [-0.2, 0) is 22.7 Å². The Morgan fingerprint density at radius 1 is 0.643 bits per heavy atom. The largest absolute Gasteiger partial charge is 0.390 e. The van der Waals surface area contributed by atoms with Gasteiger partial charge < -0.3 is 19.7 Å². The van der Waals surface area contributed by atoms with Crippen LogP contribution in [0.2, 0.25) is 0 Å². The molecule has 0 saturated heterocycles. The number of benzene rings is 2. The van der Waals surface area contributed by atoms with Gasteiger partial charge in [0.25, 0.3) is 0 Å². The first-order valence-electron chi connectivity index (χ1n) is 9.29. The smallest absolute Gasteiger partial charge is 0.0883 e. The standard InChI is InChI=1S/C24H26O4/c25-23(19-27-17-21-11-5-3-6-12-21)15-9-1-2-10-16-24(26)20-28-18-22-13-7-4-8-14-22/h3-8,11-14,23-26H,15-20H2/t23-,24-/m0/s1. The lowest BCUT2D eigenvalue weighted by Gasteiger charge is -2.08. The van der Waals surface area contributed by atoms with E-state index in [1.807, 2.05) is 60.7 Å². The van der Waals surface area contributed by atoms with Gasteiger partial charge in [-0.25, -0.2) is 0 Å². The van der Waals surface area contributed by atoms with E-state index in [4.69, 9.17) is 9.47 Å². The molecular weight excluding hydrogens is 352 g/mol. The van der Waals surface area contributed by atoms with Crippen molar-refractivity contribution >= 4 is 0 Å². The second kappa shape index (κ2) is 13.6. The van der Waals surface area contributed by atoms with Crippen LogP contribution in [0.5, 0.6) is 0 Å². The summed E-state index contributed by atoms with van der Waals surface area (Å²) >= 11 is 0. The predicted octanol–water partition coefficient (Wildman–Crippen LogP) is 2.93. The van der Waals surface area contributed by atoms with Crippen molar-refractivity contribution in [3.8, 4) is 23.7 Å². The maximum absolute atomic E-state index is 9.83. The zero-order chi connectivity index (χ0) is 19.9. The highest BCUT2D eigenvalue weighted by Crippen LogP contribution is 2.03. The van der Waals surface area contributed by atoms with Crippen molar-refractivity contribution in [2.45, 2.75) is 38.3 Å². The zero-order valence-electron chi connectivity index (χ0n) is 15.9. The van der Waals surface area contributed by atoms with E-state index >= 15 is 0 Å². The Bertz CT molecular complexity index is 712. The van der Waals surface area contributed by atoms with Crippen LogP contribution >= 0.6 is 0 Å². The summed E-state index contributed by atoms with van der Waals surface area (Å²) in [5, 5.41) is 19.7. The fourth-order valence-electron chi connectivity index (χ4n) is 2.32. The summed E-state index contributed by atoms with van der Waals surface area (Å²) in [6, 6.07) is 19.6. The Hall–Kier alpha value is -2.60. The average molecular weight is 378 g/mol. The SMILES string of the molecule is O[C@@H](CC#CC#CC[C@H](O)COCc1ccccc1)COCc1ccccc1. The fraction of sp³-hybridized carbons (Fsp3) is 0.333. The molecule has 0 saturated carbocycles. The molecule has 0 radical (unpaired) electrons. The van der Waals surface area contributed by atoms with Gasteiger partial charge in [-0.2, -0.15) is 0 Å². The molecule has 2 rings (SSSR count). The lowest BCUT2D eigenvalue weighted by Crippen LogP contribution is -2.14. The molecule has 2 N–H and O–H groups in total. The summed E-state index contributed by atoms with van der Waals surface area (Å²) in [7, 11) is 0. The van der Waals surface area contributed by atoms with Crippen molar-refractivity contribution in [1.82, 2.24) is 0 Å². The molecule has 0 aliphatic heterocycles. The molecule has 2 aromatic rings. The molecule has 0 fully saturated rings. The van der Waals surface area contributed by atoms with Crippen LogP contribution in [-0.4, -0.2) is 35.6 Å². The van der Waals surface area contributed by atoms with Gasteiger partial charge >= 0.3 is 0 Å². The molecule has 0 bridgehead atoms. The lowest BCUT2D eigenvalue weighted by atomic mass is 10.2. The van der Waals surface area contributed by atoms with E-state index < -0.39 is 12.2 Å². The Balaban J connectivity index is 1.53. The third-order valence-corrected chi connectivity index (χ3v) is 3.76. The topological polar surface area (TPSA) is 58.9 Å². The van der Waals surface area contributed by atoms with Gasteiger partial charge in [0.2, 0.25) is 0 Å². The van der Waals surface area contributed by atoms with Gasteiger partial charge in [0.15, 0.2) is 0 Å². The monoisotopic (exact) mass is 378 g/mol. The number of hydrogen-bond donors (Lipinski definition) is 2. The second-order valence-electron chi connectivity index (χ2n) is 6.32. The van der Waals surface area contributed by atoms with Gasteiger partial charge in [0.05, 0.1) is 38.6 Å². The molecule has 146 valence electrons. The quantitative estimate of drug-likeness (QED) is 0.624. The van der Waals surface area contributed by atoms with Crippen molar-refractivity contribution in [2.75, 3.05) is 13.2 Å². The van der Waals surface area contributed by atoms with E-state index in [1.165, 1.54) is 0 Å². The molecule has 2 aromatic carbocycles. The van der Waals surface area contributed by atoms with Gasteiger partial charge in [0.1, 0.15) is 0 Å². The van der Waals surface area contributed by atoms with Gasteiger partial charge in [-0.15, -0.1) is 0 Å². The molecule has 28 heavy (non-hydrogen) atoms. The molecule has 0 unspecified atom stereocenters. The van der Waals surface area contributed by atoms with E-state index in [-0.39, 0.29) is 13.2 Å². The molecule has 0 amide bonds. The van der Waals surface area contributed by atoms with Crippen LogP contribution in [0.15, 0.2) is 60.7 Å². The number of hydrogen-bond acceptors (Lipinski definition) is 4. The van der Waals surface area contributed by atoms with Crippen molar-refractivity contribution in [1.29, 1.82) is 0 Å². The highest BCUT2D eigenvalue weighted by molar-refractivity contribution is 5.26. The fourth-order valence-corrected chi connectivity index (χ4v) is 2.32. The third kappa shape index (κ3) is 9.92. The van der Waals surface area contributed by atoms with E-state index in [0.717, 1.165) is 11.1 Å². The highest BCUT2D eigenvalue weighted by Gasteiger charge is 2.03. The molecule has 4 heteroatoms. The molecule has 4 nitrogen and oxygen atoms in total. The summed E-state index contributed by atoms with van der Waals surface area (Å²) < 4.78 is 10.9. The predicted molar refractivity (Wildman–Crippen MR) is 109 cm³/mol. The first-order valence-corrected chi connectivity index (χ1v) is 9.29. The summed E-state index contributed by atoms with van der Waals surface area (Å²) in [5.41, 5.74) is 2.14. The van der Waals surface area contributed by atoms with Crippen LogP contribution in [0.4, 0.5) is 0 Å². The van der Waals surface area contributed by atoms with Crippen molar-refractivity contribution < 1.29 is 19.7 Å². The lowest BCUT2D eigenvalue weighted by molar-refractivity contribution is 0.0310. The molecule has 2 atom stereocenters. The number of rotatable bonds is 10. The maximum Gasteiger partial charge on any atom is 0.0883 e. The summed E-state index contributed by atoms with van der Waals surface area (Å²) in [4.78, 5) is 0. The first kappa shape index (κ1) is 21.7. The Labute approximate surface area is 167 Å². The molecule has 0 spiro atoms. The van der Waals surface area contributed by atoms with Crippen LogP contribution in [0.3, 0.4) is 0 Å². The molecule has 0 aliphatic rings. The second-order valence-corrected chi connectivity index (χ2v) is 6.32. The van der Waals surface area contributed by atoms with Gasteiger partial charge in [-0.1, -0.05) is 72.5 Å². The van der Waals surface area contributed by atoms with E-state index in [9.17, 15) is 10.2 Å². The van der Waals surface area contributed by atoms with Crippen LogP contribution in [0.25, 0.3) is 0 Å². The van der Waals surface area contributed by atoms with Crippen LogP contribution in [0, 0.1) is 23.7 Å². The number of aliphatic hydroxyl groups is 2.